The highest BCUT2D eigenvalue weighted by molar-refractivity contribution is 6.35. The van der Waals surface area contributed by atoms with E-state index in [0.717, 1.165) is 21.9 Å². The maximum Gasteiger partial charge on any atom is 0.335 e. The Labute approximate surface area is 120 Å². The predicted molar refractivity (Wildman–Crippen MR) is 78.0 cm³/mol. The van der Waals surface area contributed by atoms with Gasteiger partial charge in [0.15, 0.2) is 0 Å². The van der Waals surface area contributed by atoms with Gasteiger partial charge in [0, 0.05) is 17.0 Å². The fraction of sp³-hybridized carbons (Fsp3) is 0. The van der Waals surface area contributed by atoms with Crippen molar-refractivity contribution in [1.82, 2.24) is 4.98 Å². The van der Waals surface area contributed by atoms with Crippen LogP contribution in [0.25, 0.3) is 21.9 Å². The zero-order valence-electron chi connectivity index (χ0n) is 10.3. The lowest BCUT2D eigenvalue weighted by Crippen LogP contribution is -1.95. The molecule has 0 unspecified atom stereocenters. The van der Waals surface area contributed by atoms with E-state index in [1.165, 1.54) is 0 Å². The number of carboxylic acid groups (broad SMARTS) is 1. The Kier molecular flexibility index (Phi) is 3.12. The van der Waals surface area contributed by atoms with E-state index in [4.69, 9.17) is 16.7 Å². The van der Waals surface area contributed by atoms with E-state index in [2.05, 4.69) is 11.2 Å². The second-order valence-corrected chi connectivity index (χ2v) is 4.77. The number of nitrogens with zero attached hydrogens (tertiary/aromatic N) is 1. The predicted octanol–water partition coefficient (Wildman–Crippen LogP) is 4.05. The van der Waals surface area contributed by atoms with Gasteiger partial charge >= 0.3 is 5.97 Å². The molecule has 1 radical (unpaired) electrons. The highest BCUT2D eigenvalue weighted by Gasteiger charge is 2.06. The molecule has 20 heavy (non-hydrogen) atoms. The largest absolute Gasteiger partial charge is 0.478 e. The molecule has 0 saturated carbocycles. The lowest BCUT2D eigenvalue weighted by molar-refractivity contribution is 0.0697. The van der Waals surface area contributed by atoms with Crippen LogP contribution in [0.2, 0.25) is 5.02 Å². The van der Waals surface area contributed by atoms with Crippen molar-refractivity contribution in [3.63, 3.8) is 0 Å². The van der Waals surface area contributed by atoms with Gasteiger partial charge in [0.05, 0.1) is 16.8 Å². The summed E-state index contributed by atoms with van der Waals surface area (Å²) in [6, 6.07) is 12.5. The number of hydrogen-bond acceptors (Lipinski definition) is 2. The van der Waals surface area contributed by atoms with Crippen LogP contribution in [-0.2, 0) is 0 Å². The summed E-state index contributed by atoms with van der Waals surface area (Å²) in [6.07, 6.45) is 4.44. The number of rotatable bonds is 2. The zero-order valence-corrected chi connectivity index (χ0v) is 11.1. The van der Waals surface area contributed by atoms with Crippen molar-refractivity contribution < 1.29 is 9.90 Å². The van der Waals surface area contributed by atoms with Crippen molar-refractivity contribution in [2.75, 3.05) is 0 Å². The third-order valence-corrected chi connectivity index (χ3v) is 3.38. The molecule has 3 nitrogen and oxygen atoms in total. The topological polar surface area (TPSA) is 50.2 Å². The molecule has 4 heteroatoms. The number of aromatic carboxylic acids is 1. The van der Waals surface area contributed by atoms with Crippen molar-refractivity contribution in [2.24, 2.45) is 0 Å². The third-order valence-electron chi connectivity index (χ3n) is 3.08. The van der Waals surface area contributed by atoms with Crippen LogP contribution in [-0.4, -0.2) is 16.1 Å². The molecule has 0 aliphatic carbocycles. The highest BCUT2D eigenvalue weighted by atomic mass is 35.5. The maximum absolute atomic E-state index is 11.0. The summed E-state index contributed by atoms with van der Waals surface area (Å²) in [7, 11) is 0. The fourth-order valence-corrected chi connectivity index (χ4v) is 2.30. The summed E-state index contributed by atoms with van der Waals surface area (Å²) in [5, 5.41) is 11.3. The number of halogens is 1. The number of pyridine rings is 1. The standard InChI is InChI=1S/C16H9ClNO2/c17-15-9-18-8-13-7-11(4-5-14(13)15)10-2-1-3-12(6-10)16(19)20/h1-7,9H,(H,19,20). The van der Waals surface area contributed by atoms with E-state index < -0.39 is 5.97 Å². The summed E-state index contributed by atoms with van der Waals surface area (Å²) in [4.78, 5) is 14.9. The van der Waals surface area contributed by atoms with Gasteiger partial charge in [0.2, 0.25) is 0 Å². The lowest BCUT2D eigenvalue weighted by atomic mass is 10.0. The van der Waals surface area contributed by atoms with Crippen LogP contribution in [0.3, 0.4) is 0 Å². The van der Waals surface area contributed by atoms with Gasteiger partial charge in [-0.3, -0.25) is 4.98 Å². The quantitative estimate of drug-likeness (QED) is 0.771. The molecule has 0 bridgehead atoms. The van der Waals surface area contributed by atoms with E-state index in [1.807, 2.05) is 24.3 Å². The van der Waals surface area contributed by atoms with Crippen LogP contribution >= 0.6 is 11.6 Å². The van der Waals surface area contributed by atoms with Gasteiger partial charge in [-0.25, -0.2) is 4.79 Å². The normalized spacial score (nSPS) is 10.7. The molecule has 1 heterocycles. The molecular weight excluding hydrogens is 274 g/mol. The summed E-state index contributed by atoms with van der Waals surface area (Å²) in [6.45, 7) is 0. The monoisotopic (exact) mass is 282 g/mol. The highest BCUT2D eigenvalue weighted by Crippen LogP contribution is 2.28. The second-order valence-electron chi connectivity index (χ2n) is 4.36. The van der Waals surface area contributed by atoms with Crippen molar-refractivity contribution in [2.45, 2.75) is 0 Å². The number of hydrogen-bond donors (Lipinski definition) is 1. The Hall–Kier alpha value is -2.39. The molecule has 0 amide bonds. The molecule has 3 rings (SSSR count). The summed E-state index contributed by atoms with van der Waals surface area (Å²) < 4.78 is 0. The van der Waals surface area contributed by atoms with Crippen LogP contribution < -0.4 is 0 Å². The first-order valence-corrected chi connectivity index (χ1v) is 6.32. The van der Waals surface area contributed by atoms with E-state index >= 15 is 0 Å². The van der Waals surface area contributed by atoms with Crippen LogP contribution in [0.15, 0.2) is 48.7 Å². The number of fused-ring (bicyclic) bond motifs is 1. The van der Waals surface area contributed by atoms with Crippen LogP contribution in [0.4, 0.5) is 0 Å². The Balaban J connectivity index is 2.15. The molecule has 0 atom stereocenters. The first-order chi connectivity index (χ1) is 9.65. The van der Waals surface area contributed by atoms with Crippen molar-refractivity contribution in [3.8, 4) is 11.1 Å². The molecule has 0 spiro atoms. The van der Waals surface area contributed by atoms with Gasteiger partial charge in [0.1, 0.15) is 0 Å². The second kappa shape index (κ2) is 4.94. The average molecular weight is 283 g/mol. The van der Waals surface area contributed by atoms with Crippen molar-refractivity contribution >= 4 is 28.3 Å². The summed E-state index contributed by atoms with van der Waals surface area (Å²) in [5.41, 5.74) is 2.00. The number of carbonyl (C=O) groups is 1. The molecule has 2 aromatic carbocycles. The average Bonchev–Trinajstić information content (AvgIpc) is 2.47. The Bertz CT molecular complexity index is 814. The fourth-order valence-electron chi connectivity index (χ4n) is 2.08. The van der Waals surface area contributed by atoms with Gasteiger partial charge in [-0.2, -0.15) is 0 Å². The number of carboxylic acids is 1. The van der Waals surface area contributed by atoms with E-state index in [9.17, 15) is 4.79 Å². The molecule has 0 aliphatic rings. The SMILES string of the molecule is O=C(O)c1cccc(-c2ccc3c(Cl)cn[c]c3c2)c1. The molecule has 1 aromatic heterocycles. The summed E-state index contributed by atoms with van der Waals surface area (Å²) in [5.74, 6) is -0.941. The van der Waals surface area contributed by atoms with Crippen LogP contribution in [0.1, 0.15) is 10.4 Å². The summed E-state index contributed by atoms with van der Waals surface area (Å²) >= 11 is 6.06. The number of benzene rings is 2. The van der Waals surface area contributed by atoms with Gasteiger partial charge in [-0.1, -0.05) is 35.9 Å². The van der Waals surface area contributed by atoms with Gasteiger partial charge in [0.25, 0.3) is 0 Å². The molecule has 97 valence electrons. The molecular formula is C16H9ClNO2. The zero-order chi connectivity index (χ0) is 14.1. The lowest BCUT2D eigenvalue weighted by Gasteiger charge is -2.05. The van der Waals surface area contributed by atoms with E-state index in [0.29, 0.717) is 5.02 Å². The van der Waals surface area contributed by atoms with Gasteiger partial charge in [-0.05, 0) is 29.3 Å². The van der Waals surface area contributed by atoms with Gasteiger partial charge in [-0.15, -0.1) is 0 Å². The van der Waals surface area contributed by atoms with Crippen molar-refractivity contribution in [1.29, 1.82) is 0 Å². The van der Waals surface area contributed by atoms with Gasteiger partial charge < -0.3 is 5.11 Å². The molecule has 1 N–H and O–H groups in total. The first-order valence-electron chi connectivity index (χ1n) is 5.95. The van der Waals surface area contributed by atoms with E-state index in [-0.39, 0.29) is 5.56 Å². The maximum atomic E-state index is 11.0. The van der Waals surface area contributed by atoms with Crippen molar-refractivity contribution in [3.05, 3.63) is 65.4 Å². The minimum atomic E-state index is -0.941. The minimum Gasteiger partial charge on any atom is -0.478 e. The molecule has 0 aliphatic heterocycles. The third kappa shape index (κ3) is 2.24. The molecule has 0 saturated heterocycles. The Morgan fingerprint density at radius 1 is 1.15 bits per heavy atom. The molecule has 3 aromatic rings. The minimum absolute atomic E-state index is 0.260. The Morgan fingerprint density at radius 3 is 2.75 bits per heavy atom. The van der Waals surface area contributed by atoms with Crippen LogP contribution in [0, 0.1) is 6.20 Å². The number of aromatic nitrogens is 1. The molecule has 0 fully saturated rings. The van der Waals surface area contributed by atoms with Crippen LogP contribution in [0.5, 0.6) is 0 Å². The Morgan fingerprint density at radius 2 is 1.95 bits per heavy atom. The first kappa shape index (κ1) is 12.6. The smallest absolute Gasteiger partial charge is 0.335 e. The van der Waals surface area contributed by atoms with E-state index in [1.54, 1.807) is 24.4 Å².